The summed E-state index contributed by atoms with van der Waals surface area (Å²) in [7, 11) is 0. The van der Waals surface area contributed by atoms with E-state index in [4.69, 9.17) is 10.5 Å². The van der Waals surface area contributed by atoms with Crippen molar-refractivity contribution in [3.63, 3.8) is 0 Å². The van der Waals surface area contributed by atoms with Crippen LogP contribution < -0.4 is 16.1 Å². The van der Waals surface area contributed by atoms with Crippen LogP contribution in [0.5, 0.6) is 0 Å². The number of hydrogen-bond donors (Lipinski definition) is 2. The van der Waals surface area contributed by atoms with E-state index in [0.29, 0.717) is 19.0 Å². The number of nitrogens with one attached hydrogen (secondary N) is 1. The minimum atomic E-state index is -0.605. The lowest BCUT2D eigenvalue weighted by Crippen LogP contribution is -2.42. The van der Waals surface area contributed by atoms with Crippen molar-refractivity contribution in [2.45, 2.75) is 33.1 Å². The molecule has 24 heavy (non-hydrogen) atoms. The lowest BCUT2D eigenvalue weighted by molar-refractivity contribution is -0.121. The van der Waals surface area contributed by atoms with E-state index in [9.17, 15) is 4.79 Å². The molecule has 2 rings (SSSR count). The fourth-order valence-corrected chi connectivity index (χ4v) is 2.41. The highest BCUT2D eigenvalue weighted by molar-refractivity contribution is 6.05. The van der Waals surface area contributed by atoms with Gasteiger partial charge in [0.1, 0.15) is 11.8 Å². The molecule has 0 radical (unpaired) electrons. The molecule has 0 saturated carbocycles. The molecule has 0 fully saturated rings. The molecule has 1 aliphatic heterocycles. The molecular weight excluding hydrogens is 304 g/mol. The second-order valence-electron chi connectivity index (χ2n) is 5.60. The lowest BCUT2D eigenvalue weighted by atomic mass is 10.1. The van der Waals surface area contributed by atoms with Crippen molar-refractivity contribution in [2.75, 3.05) is 18.2 Å². The van der Waals surface area contributed by atoms with Crippen LogP contribution in [0, 0.1) is 5.92 Å². The molecule has 1 heterocycles. The highest BCUT2D eigenvalue weighted by Crippen LogP contribution is 2.25. The van der Waals surface area contributed by atoms with Gasteiger partial charge in [-0.3, -0.25) is 4.79 Å². The summed E-state index contributed by atoms with van der Waals surface area (Å²) in [5.41, 5.74) is 6.87. The molecule has 1 aromatic rings. The van der Waals surface area contributed by atoms with Crippen molar-refractivity contribution in [3.05, 3.63) is 42.3 Å². The summed E-state index contributed by atoms with van der Waals surface area (Å²) < 4.78 is 5.90. The molecular formula is C18H26N4O2. The van der Waals surface area contributed by atoms with Gasteiger partial charge in [-0.05, 0) is 31.6 Å². The Bertz CT molecular complexity index is 598. The summed E-state index contributed by atoms with van der Waals surface area (Å²) in [6, 6.07) is 9.62. The zero-order valence-electron chi connectivity index (χ0n) is 14.4. The zero-order chi connectivity index (χ0) is 17.4. The van der Waals surface area contributed by atoms with E-state index in [0.717, 1.165) is 24.9 Å². The first-order chi connectivity index (χ1) is 11.7. The summed E-state index contributed by atoms with van der Waals surface area (Å²) >= 11 is 0. The third-order valence-electron chi connectivity index (χ3n) is 3.68. The van der Waals surface area contributed by atoms with E-state index in [2.05, 4.69) is 17.3 Å². The summed E-state index contributed by atoms with van der Waals surface area (Å²) in [5.74, 6) is 0.0284. The molecule has 1 atom stereocenters. The molecule has 1 aliphatic rings. The van der Waals surface area contributed by atoms with Crippen LogP contribution in [0.25, 0.3) is 0 Å². The summed E-state index contributed by atoms with van der Waals surface area (Å²) in [6.45, 7) is 5.15. The van der Waals surface area contributed by atoms with Crippen molar-refractivity contribution in [1.82, 2.24) is 5.32 Å². The number of anilines is 1. The normalized spacial score (nSPS) is 17.1. The third-order valence-corrected chi connectivity index (χ3v) is 3.68. The molecule has 0 bridgehead atoms. The number of rotatable bonds is 8. The van der Waals surface area contributed by atoms with Gasteiger partial charge in [0.2, 0.25) is 11.8 Å². The van der Waals surface area contributed by atoms with Gasteiger partial charge >= 0.3 is 0 Å². The molecule has 6 nitrogen and oxygen atoms in total. The van der Waals surface area contributed by atoms with Crippen LogP contribution in [-0.2, 0) is 9.53 Å². The van der Waals surface area contributed by atoms with Gasteiger partial charge in [-0.25, -0.2) is 0 Å². The van der Waals surface area contributed by atoms with E-state index < -0.39 is 5.92 Å². The predicted octanol–water partition coefficient (Wildman–Crippen LogP) is 2.58. The average Bonchev–Trinajstić information content (AvgIpc) is 2.60. The van der Waals surface area contributed by atoms with Crippen LogP contribution in [0.1, 0.15) is 33.1 Å². The maximum atomic E-state index is 12.2. The second kappa shape index (κ2) is 8.96. The first kappa shape index (κ1) is 17.8. The SMILES string of the molecule is CCCCCOC1=CC(C(=O)NCC)C(N)=NN1c1ccccc1. The molecule has 6 heteroatoms. The van der Waals surface area contributed by atoms with E-state index >= 15 is 0 Å². The largest absolute Gasteiger partial charge is 0.478 e. The molecule has 130 valence electrons. The standard InChI is InChI=1S/C18H26N4O2/c1-3-5-9-12-24-16-13-15(18(23)20-4-2)17(19)21-22(16)14-10-7-6-8-11-14/h6-8,10-11,13,15H,3-5,9,12H2,1-2H3,(H2,19,21)(H,20,23). The summed E-state index contributed by atoms with van der Waals surface area (Å²) in [5, 5.41) is 8.82. The number of benzene rings is 1. The van der Waals surface area contributed by atoms with Crippen molar-refractivity contribution >= 4 is 17.4 Å². The van der Waals surface area contributed by atoms with Crippen LogP contribution in [0.15, 0.2) is 47.4 Å². The van der Waals surface area contributed by atoms with E-state index in [1.54, 1.807) is 11.1 Å². The highest BCUT2D eigenvalue weighted by Gasteiger charge is 2.29. The Morgan fingerprint density at radius 2 is 2.04 bits per heavy atom. The van der Waals surface area contributed by atoms with Gasteiger partial charge in [-0.1, -0.05) is 38.0 Å². The first-order valence-electron chi connectivity index (χ1n) is 8.48. The third kappa shape index (κ3) is 4.50. The van der Waals surface area contributed by atoms with Gasteiger partial charge in [-0.15, -0.1) is 0 Å². The van der Waals surface area contributed by atoms with Gasteiger partial charge in [0, 0.05) is 6.54 Å². The topological polar surface area (TPSA) is 79.9 Å². The van der Waals surface area contributed by atoms with Gasteiger partial charge < -0.3 is 15.8 Å². The van der Waals surface area contributed by atoms with Crippen LogP contribution in [0.2, 0.25) is 0 Å². The number of unbranched alkanes of at least 4 members (excludes halogenated alkanes) is 2. The fraction of sp³-hybridized carbons (Fsp3) is 0.444. The molecule has 3 N–H and O–H groups in total. The van der Waals surface area contributed by atoms with Gasteiger partial charge in [0.05, 0.1) is 12.3 Å². The molecule has 1 unspecified atom stereocenters. The number of amidine groups is 1. The van der Waals surface area contributed by atoms with Gasteiger partial charge in [0.15, 0.2) is 0 Å². The number of hydrogen-bond acceptors (Lipinski definition) is 5. The van der Waals surface area contributed by atoms with E-state index in [1.807, 2.05) is 37.3 Å². The zero-order valence-corrected chi connectivity index (χ0v) is 14.4. The Labute approximate surface area is 143 Å². The van der Waals surface area contributed by atoms with Crippen molar-refractivity contribution in [2.24, 2.45) is 16.8 Å². The monoisotopic (exact) mass is 330 g/mol. The van der Waals surface area contributed by atoms with Crippen LogP contribution >= 0.6 is 0 Å². The predicted molar refractivity (Wildman–Crippen MR) is 96.3 cm³/mol. The number of carbonyl (C=O) groups excluding carboxylic acids is 1. The van der Waals surface area contributed by atoms with Crippen molar-refractivity contribution in [1.29, 1.82) is 0 Å². The Balaban J connectivity index is 2.22. The van der Waals surface area contributed by atoms with E-state index in [1.165, 1.54) is 0 Å². The van der Waals surface area contributed by atoms with Crippen molar-refractivity contribution < 1.29 is 9.53 Å². The Hall–Kier alpha value is -2.50. The number of amides is 1. The number of para-hydroxylation sites is 1. The summed E-state index contributed by atoms with van der Waals surface area (Å²) in [6.07, 6.45) is 4.93. The number of nitrogens with zero attached hydrogens (tertiary/aromatic N) is 2. The minimum absolute atomic E-state index is 0.166. The van der Waals surface area contributed by atoms with Gasteiger partial charge in [0.25, 0.3) is 0 Å². The maximum Gasteiger partial charge on any atom is 0.234 e. The lowest BCUT2D eigenvalue weighted by Gasteiger charge is -2.28. The van der Waals surface area contributed by atoms with Crippen molar-refractivity contribution in [3.8, 4) is 0 Å². The quantitative estimate of drug-likeness (QED) is 0.718. The Morgan fingerprint density at radius 1 is 1.29 bits per heavy atom. The van der Waals surface area contributed by atoms with Crippen LogP contribution in [0.3, 0.4) is 0 Å². The van der Waals surface area contributed by atoms with Crippen LogP contribution in [-0.4, -0.2) is 24.9 Å². The Kier molecular flexibility index (Phi) is 6.66. The smallest absolute Gasteiger partial charge is 0.234 e. The summed E-state index contributed by atoms with van der Waals surface area (Å²) in [4.78, 5) is 12.2. The highest BCUT2D eigenvalue weighted by atomic mass is 16.5. The molecule has 1 amide bonds. The number of ether oxygens (including phenoxy) is 1. The molecule has 0 aromatic heterocycles. The molecule has 1 aromatic carbocycles. The Morgan fingerprint density at radius 3 is 2.71 bits per heavy atom. The minimum Gasteiger partial charge on any atom is -0.478 e. The maximum absolute atomic E-state index is 12.2. The molecule has 0 saturated heterocycles. The molecule has 0 spiro atoms. The number of carbonyl (C=O) groups is 1. The van der Waals surface area contributed by atoms with Gasteiger partial charge in [-0.2, -0.15) is 10.1 Å². The molecule has 0 aliphatic carbocycles. The van der Waals surface area contributed by atoms with Crippen LogP contribution in [0.4, 0.5) is 5.69 Å². The number of nitrogens with two attached hydrogens (primary N) is 1. The second-order valence-corrected chi connectivity index (χ2v) is 5.60. The number of hydrazone groups is 1. The fourth-order valence-electron chi connectivity index (χ4n) is 2.41. The average molecular weight is 330 g/mol. The van der Waals surface area contributed by atoms with E-state index in [-0.39, 0.29) is 11.7 Å². The first-order valence-corrected chi connectivity index (χ1v) is 8.48.